The number of hydrogen-bond donors (Lipinski definition) is 1. The Kier molecular flexibility index (Phi) is 3.67. The Balaban J connectivity index is 2.60. The number of phenolic OH excluding ortho intramolecular Hbond substituents is 1. The lowest BCUT2D eigenvalue weighted by atomic mass is 10.2. The number of ether oxygens (including phenoxy) is 1. The van der Waals surface area contributed by atoms with Gasteiger partial charge in [0, 0.05) is 6.07 Å². The third-order valence-corrected chi connectivity index (χ3v) is 4.62. The molecule has 1 N–H and O–H groups in total. The summed E-state index contributed by atoms with van der Waals surface area (Å²) in [4.78, 5) is -0.550. The van der Waals surface area contributed by atoms with Crippen LogP contribution in [0.15, 0.2) is 46.2 Å². The van der Waals surface area contributed by atoms with E-state index in [1.54, 1.807) is 6.92 Å². The molecule has 0 saturated carbocycles. The normalized spacial score (nSPS) is 11.3. The first-order valence-electron chi connectivity index (χ1n) is 5.74. The summed E-state index contributed by atoms with van der Waals surface area (Å²) in [6, 6.07) is 7.45. The smallest absolute Gasteiger partial charge is 0.209 e. The minimum Gasteiger partial charge on any atom is -0.504 e. The lowest BCUT2D eigenvalue weighted by molar-refractivity contribution is 0.372. The van der Waals surface area contributed by atoms with E-state index in [2.05, 4.69) is 0 Å². The van der Waals surface area contributed by atoms with Gasteiger partial charge in [-0.1, -0.05) is 6.07 Å². The van der Waals surface area contributed by atoms with Crippen molar-refractivity contribution < 1.29 is 22.7 Å². The number of aryl methyl sites for hydroxylation is 1. The van der Waals surface area contributed by atoms with Gasteiger partial charge in [0.2, 0.25) is 9.84 Å². The number of aromatic hydroxyl groups is 1. The van der Waals surface area contributed by atoms with Crippen LogP contribution < -0.4 is 4.74 Å². The Morgan fingerprint density at radius 1 is 1.15 bits per heavy atom. The van der Waals surface area contributed by atoms with E-state index in [-0.39, 0.29) is 16.4 Å². The van der Waals surface area contributed by atoms with Crippen LogP contribution in [0, 0.1) is 12.7 Å². The summed E-state index contributed by atoms with van der Waals surface area (Å²) in [5, 5.41) is 9.47. The van der Waals surface area contributed by atoms with Crippen molar-refractivity contribution in [2.45, 2.75) is 16.7 Å². The second-order valence-electron chi connectivity index (χ2n) is 4.27. The predicted molar refractivity (Wildman–Crippen MR) is 71.2 cm³/mol. The van der Waals surface area contributed by atoms with Crippen LogP contribution in [-0.2, 0) is 9.84 Å². The Morgan fingerprint density at radius 2 is 1.85 bits per heavy atom. The number of rotatable bonds is 3. The molecule has 6 heteroatoms. The Labute approximate surface area is 116 Å². The molecule has 2 aromatic rings. The number of halogens is 1. The van der Waals surface area contributed by atoms with Gasteiger partial charge in [-0.25, -0.2) is 12.8 Å². The molecule has 0 atom stereocenters. The van der Waals surface area contributed by atoms with Crippen molar-refractivity contribution in [3.8, 4) is 11.5 Å². The second-order valence-corrected chi connectivity index (χ2v) is 6.19. The maximum Gasteiger partial charge on any atom is 0.209 e. The Morgan fingerprint density at radius 3 is 2.45 bits per heavy atom. The summed E-state index contributed by atoms with van der Waals surface area (Å²) in [7, 11) is -2.70. The number of hydrogen-bond acceptors (Lipinski definition) is 4. The fourth-order valence-corrected chi connectivity index (χ4v) is 3.10. The zero-order chi connectivity index (χ0) is 14.9. The topological polar surface area (TPSA) is 63.6 Å². The monoisotopic (exact) mass is 296 g/mol. The van der Waals surface area contributed by atoms with Crippen molar-refractivity contribution in [3.63, 3.8) is 0 Å². The van der Waals surface area contributed by atoms with Gasteiger partial charge in [-0.05, 0) is 36.8 Å². The highest BCUT2D eigenvalue weighted by Crippen LogP contribution is 2.31. The summed E-state index contributed by atoms with van der Waals surface area (Å²) in [5.74, 6) is -0.980. The molecule has 0 aliphatic carbocycles. The first kappa shape index (κ1) is 14.3. The molecule has 20 heavy (non-hydrogen) atoms. The molecule has 0 heterocycles. The molecule has 2 aromatic carbocycles. The van der Waals surface area contributed by atoms with Crippen molar-refractivity contribution in [2.75, 3.05) is 7.11 Å². The molecular weight excluding hydrogens is 283 g/mol. The van der Waals surface area contributed by atoms with Crippen LogP contribution in [0.5, 0.6) is 11.5 Å². The van der Waals surface area contributed by atoms with Crippen LogP contribution in [-0.4, -0.2) is 20.6 Å². The largest absolute Gasteiger partial charge is 0.504 e. The summed E-state index contributed by atoms with van der Waals surface area (Å²) >= 11 is 0. The molecule has 4 nitrogen and oxygen atoms in total. The molecule has 0 spiro atoms. The first-order chi connectivity index (χ1) is 9.36. The second kappa shape index (κ2) is 5.13. The van der Waals surface area contributed by atoms with Crippen LogP contribution in [0.3, 0.4) is 0 Å². The minimum absolute atomic E-state index is 0.0126. The van der Waals surface area contributed by atoms with Gasteiger partial charge in [-0.2, -0.15) is 0 Å². The number of phenols is 1. The van der Waals surface area contributed by atoms with Gasteiger partial charge < -0.3 is 9.84 Å². The molecule has 0 aliphatic heterocycles. The molecule has 0 aliphatic rings. The highest BCUT2D eigenvalue weighted by Gasteiger charge is 2.23. The minimum atomic E-state index is -4.00. The van der Waals surface area contributed by atoms with Crippen LogP contribution in [0.4, 0.5) is 4.39 Å². The predicted octanol–water partition coefficient (Wildman–Crippen LogP) is 2.68. The molecule has 0 aromatic heterocycles. The molecule has 106 valence electrons. The van der Waals surface area contributed by atoms with E-state index in [1.807, 2.05) is 0 Å². The molecule has 0 fully saturated rings. The lowest BCUT2D eigenvalue weighted by Crippen LogP contribution is -2.05. The van der Waals surface area contributed by atoms with E-state index in [1.165, 1.54) is 31.4 Å². The summed E-state index contributed by atoms with van der Waals surface area (Å²) in [6.45, 7) is 1.67. The highest BCUT2D eigenvalue weighted by molar-refractivity contribution is 7.91. The molecule has 0 unspecified atom stereocenters. The van der Waals surface area contributed by atoms with Crippen molar-refractivity contribution >= 4 is 9.84 Å². The van der Waals surface area contributed by atoms with Gasteiger partial charge in [-0.3, -0.25) is 0 Å². The Hall–Kier alpha value is -2.08. The Bertz CT molecular complexity index is 754. The fourth-order valence-electron chi connectivity index (χ4n) is 1.78. The van der Waals surface area contributed by atoms with Crippen molar-refractivity contribution in [1.29, 1.82) is 0 Å². The zero-order valence-electron chi connectivity index (χ0n) is 10.9. The van der Waals surface area contributed by atoms with Crippen LogP contribution >= 0.6 is 0 Å². The van der Waals surface area contributed by atoms with Gasteiger partial charge in [-0.15, -0.1) is 0 Å². The summed E-state index contributed by atoms with van der Waals surface area (Å²) < 4.78 is 43.4. The van der Waals surface area contributed by atoms with E-state index < -0.39 is 20.5 Å². The maximum absolute atomic E-state index is 13.8. The molecule has 0 saturated heterocycles. The van der Waals surface area contributed by atoms with E-state index in [9.17, 15) is 17.9 Å². The van der Waals surface area contributed by atoms with Gasteiger partial charge in [0.25, 0.3) is 0 Å². The number of sulfone groups is 1. The van der Waals surface area contributed by atoms with E-state index in [0.29, 0.717) is 5.56 Å². The first-order valence-corrected chi connectivity index (χ1v) is 7.23. The van der Waals surface area contributed by atoms with E-state index >= 15 is 0 Å². The van der Waals surface area contributed by atoms with Gasteiger partial charge in [0.1, 0.15) is 10.7 Å². The third-order valence-electron chi connectivity index (χ3n) is 2.84. The molecule has 0 bridgehead atoms. The molecule has 0 radical (unpaired) electrons. The summed E-state index contributed by atoms with van der Waals surface area (Å²) in [5.41, 5.74) is 0.629. The average Bonchev–Trinajstić information content (AvgIpc) is 2.38. The average molecular weight is 296 g/mol. The van der Waals surface area contributed by atoms with Crippen molar-refractivity contribution in [1.82, 2.24) is 0 Å². The van der Waals surface area contributed by atoms with Crippen molar-refractivity contribution in [2.24, 2.45) is 0 Å². The molecule has 2 rings (SSSR count). The van der Waals surface area contributed by atoms with Crippen molar-refractivity contribution in [3.05, 3.63) is 47.8 Å². The lowest BCUT2D eigenvalue weighted by Gasteiger charge is -2.09. The standard InChI is InChI=1S/C14H13FO4S/c1-9-3-6-14(11(15)7-9)20(17,18)10-4-5-12(16)13(8-10)19-2/h3-8,16H,1-2H3. The number of benzene rings is 2. The van der Waals surface area contributed by atoms with Gasteiger partial charge >= 0.3 is 0 Å². The SMILES string of the molecule is COc1cc(S(=O)(=O)c2ccc(C)cc2F)ccc1O. The quantitative estimate of drug-likeness (QED) is 0.946. The fraction of sp³-hybridized carbons (Fsp3) is 0.143. The zero-order valence-corrected chi connectivity index (χ0v) is 11.7. The van der Waals surface area contributed by atoms with E-state index in [4.69, 9.17) is 4.74 Å². The van der Waals surface area contributed by atoms with Gasteiger partial charge in [0.15, 0.2) is 11.5 Å². The van der Waals surface area contributed by atoms with E-state index in [0.717, 1.165) is 12.1 Å². The third kappa shape index (κ3) is 2.46. The molecular formula is C14H13FO4S. The van der Waals surface area contributed by atoms with Crippen LogP contribution in [0.25, 0.3) is 0 Å². The van der Waals surface area contributed by atoms with Gasteiger partial charge in [0.05, 0.1) is 12.0 Å². The number of methoxy groups -OCH3 is 1. The maximum atomic E-state index is 13.8. The van der Waals surface area contributed by atoms with Crippen LogP contribution in [0.1, 0.15) is 5.56 Å². The molecule has 0 amide bonds. The summed E-state index contributed by atoms with van der Waals surface area (Å²) in [6.07, 6.45) is 0. The highest BCUT2D eigenvalue weighted by atomic mass is 32.2. The van der Waals surface area contributed by atoms with Crippen LogP contribution in [0.2, 0.25) is 0 Å².